The number of anilines is 1. The highest BCUT2D eigenvalue weighted by Gasteiger charge is 2.52. The fraction of sp³-hybridized carbons (Fsp3) is 0.600. The van der Waals surface area contributed by atoms with Crippen molar-refractivity contribution in [2.45, 2.75) is 57.8 Å². The van der Waals surface area contributed by atoms with Crippen molar-refractivity contribution in [3.8, 4) is 0 Å². The third kappa shape index (κ3) is 5.00. The van der Waals surface area contributed by atoms with Gasteiger partial charge in [-0.2, -0.15) is 0 Å². The SMILES string of the molecule is CC(=O)C1CC2NCC(=O)C2N1C(=O)C(CC(C)C)NC(=O)c1ccc(N2CCOCC2)cc1. The molecule has 4 rings (SSSR count). The second kappa shape index (κ2) is 10.2. The Hall–Kier alpha value is -2.78. The summed E-state index contributed by atoms with van der Waals surface area (Å²) in [5, 5.41) is 6.01. The number of nitrogens with zero attached hydrogens (tertiary/aromatic N) is 2. The van der Waals surface area contributed by atoms with Gasteiger partial charge >= 0.3 is 0 Å². The van der Waals surface area contributed by atoms with Gasteiger partial charge in [0.15, 0.2) is 11.6 Å². The monoisotopic (exact) mass is 470 g/mol. The van der Waals surface area contributed by atoms with Gasteiger partial charge in [0.25, 0.3) is 5.91 Å². The molecular formula is C25H34N4O5. The average molecular weight is 471 g/mol. The van der Waals surface area contributed by atoms with E-state index in [1.165, 1.54) is 11.8 Å². The Morgan fingerprint density at radius 3 is 2.44 bits per heavy atom. The number of hydrogen-bond donors (Lipinski definition) is 2. The van der Waals surface area contributed by atoms with Gasteiger partial charge in [-0.05, 0) is 49.9 Å². The second-order valence-electron chi connectivity index (χ2n) is 9.81. The lowest BCUT2D eigenvalue weighted by Gasteiger charge is -2.32. The number of amides is 2. The Kier molecular flexibility index (Phi) is 7.33. The van der Waals surface area contributed by atoms with Crippen LogP contribution in [0.15, 0.2) is 24.3 Å². The Morgan fingerprint density at radius 2 is 1.82 bits per heavy atom. The fourth-order valence-corrected chi connectivity index (χ4v) is 5.19. The van der Waals surface area contributed by atoms with Gasteiger partial charge in [0.2, 0.25) is 5.91 Å². The number of Topliss-reactive ketones (excluding diaryl/α,β-unsaturated/α-hetero) is 2. The Labute approximate surface area is 200 Å². The van der Waals surface area contributed by atoms with Crippen LogP contribution in [0.1, 0.15) is 44.0 Å². The van der Waals surface area contributed by atoms with Crippen molar-refractivity contribution in [3.63, 3.8) is 0 Å². The van der Waals surface area contributed by atoms with Crippen LogP contribution in [0.4, 0.5) is 5.69 Å². The number of rotatable bonds is 7. The van der Waals surface area contributed by atoms with Crippen molar-refractivity contribution >= 4 is 29.1 Å². The molecule has 9 heteroatoms. The molecule has 34 heavy (non-hydrogen) atoms. The minimum absolute atomic E-state index is 0.0876. The first-order valence-electron chi connectivity index (χ1n) is 12.1. The maximum absolute atomic E-state index is 13.7. The standard InChI is InChI=1S/C25H34N4O5/c1-15(2)12-20(25(33)29-21(16(3)30)13-19-23(29)22(31)14-26-19)27-24(32)17-4-6-18(7-5-17)28-8-10-34-11-9-28/h4-7,15,19-21,23,26H,8-14H2,1-3H3,(H,27,32). The molecule has 184 valence electrons. The summed E-state index contributed by atoms with van der Waals surface area (Å²) in [6, 6.07) is 4.98. The average Bonchev–Trinajstić information content (AvgIpc) is 3.38. The number of morpholine rings is 1. The first kappa shape index (κ1) is 24.3. The summed E-state index contributed by atoms with van der Waals surface area (Å²) in [5.74, 6) is -0.819. The van der Waals surface area contributed by atoms with Gasteiger partial charge in [-0.1, -0.05) is 13.8 Å². The van der Waals surface area contributed by atoms with Crippen LogP contribution in [-0.2, 0) is 19.1 Å². The summed E-state index contributed by atoms with van der Waals surface area (Å²) in [7, 11) is 0. The van der Waals surface area contributed by atoms with Crippen molar-refractivity contribution < 1.29 is 23.9 Å². The number of likely N-dealkylation sites (tertiary alicyclic amines) is 1. The molecule has 1 aromatic carbocycles. The van der Waals surface area contributed by atoms with Gasteiger partial charge in [-0.15, -0.1) is 0 Å². The molecule has 3 fully saturated rings. The van der Waals surface area contributed by atoms with Crippen LogP contribution in [0.3, 0.4) is 0 Å². The molecular weight excluding hydrogens is 436 g/mol. The van der Waals surface area contributed by atoms with E-state index in [2.05, 4.69) is 15.5 Å². The van der Waals surface area contributed by atoms with Crippen molar-refractivity contribution in [2.24, 2.45) is 5.92 Å². The van der Waals surface area contributed by atoms with E-state index >= 15 is 0 Å². The maximum atomic E-state index is 13.7. The Bertz CT molecular complexity index is 941. The highest BCUT2D eigenvalue weighted by molar-refractivity contribution is 6.01. The molecule has 3 saturated heterocycles. The molecule has 3 aliphatic rings. The van der Waals surface area contributed by atoms with Gasteiger partial charge in [0.05, 0.1) is 25.8 Å². The first-order valence-corrected chi connectivity index (χ1v) is 12.1. The van der Waals surface area contributed by atoms with Gasteiger partial charge in [-0.3, -0.25) is 19.2 Å². The van der Waals surface area contributed by atoms with E-state index in [4.69, 9.17) is 4.74 Å². The number of fused-ring (bicyclic) bond motifs is 1. The summed E-state index contributed by atoms with van der Waals surface area (Å²) in [6.45, 7) is 8.56. The van der Waals surface area contributed by atoms with Gasteiger partial charge in [0.1, 0.15) is 12.1 Å². The molecule has 0 aliphatic carbocycles. The first-order chi connectivity index (χ1) is 16.3. The zero-order valence-electron chi connectivity index (χ0n) is 20.1. The Balaban J connectivity index is 1.51. The maximum Gasteiger partial charge on any atom is 0.251 e. The minimum Gasteiger partial charge on any atom is -0.378 e. The lowest BCUT2D eigenvalue weighted by atomic mass is 10.0. The molecule has 0 bridgehead atoms. The van der Waals surface area contributed by atoms with Crippen LogP contribution in [0.5, 0.6) is 0 Å². The zero-order valence-corrected chi connectivity index (χ0v) is 20.1. The van der Waals surface area contributed by atoms with Crippen LogP contribution >= 0.6 is 0 Å². The van der Waals surface area contributed by atoms with Crippen LogP contribution in [0, 0.1) is 5.92 Å². The van der Waals surface area contributed by atoms with E-state index in [-0.39, 0.29) is 41.9 Å². The van der Waals surface area contributed by atoms with Crippen molar-refractivity contribution in [2.75, 3.05) is 37.7 Å². The van der Waals surface area contributed by atoms with E-state index in [1.807, 2.05) is 26.0 Å². The number of nitrogens with one attached hydrogen (secondary N) is 2. The smallest absolute Gasteiger partial charge is 0.251 e. The number of ketones is 2. The number of benzene rings is 1. The molecule has 4 unspecified atom stereocenters. The van der Waals surface area contributed by atoms with Crippen LogP contribution in [-0.4, -0.2) is 85.3 Å². The topological polar surface area (TPSA) is 108 Å². The number of hydrogen-bond acceptors (Lipinski definition) is 7. The third-order valence-corrected chi connectivity index (χ3v) is 6.90. The predicted octanol–water partition coefficient (Wildman–Crippen LogP) is 0.767. The largest absolute Gasteiger partial charge is 0.378 e. The molecule has 3 heterocycles. The number of carbonyl (C=O) groups excluding carboxylic acids is 4. The summed E-state index contributed by atoms with van der Waals surface area (Å²) in [6.07, 6.45) is 0.833. The normalized spacial score (nSPS) is 25.4. The highest BCUT2D eigenvalue weighted by atomic mass is 16.5. The minimum atomic E-state index is -0.819. The fourth-order valence-electron chi connectivity index (χ4n) is 5.19. The van der Waals surface area contributed by atoms with E-state index in [0.29, 0.717) is 31.6 Å². The van der Waals surface area contributed by atoms with Crippen molar-refractivity contribution in [1.82, 2.24) is 15.5 Å². The third-order valence-electron chi connectivity index (χ3n) is 6.90. The molecule has 4 atom stereocenters. The van der Waals surface area contributed by atoms with E-state index in [0.717, 1.165) is 18.8 Å². The molecule has 0 radical (unpaired) electrons. The number of ether oxygens (including phenoxy) is 1. The van der Waals surface area contributed by atoms with E-state index in [9.17, 15) is 19.2 Å². The van der Waals surface area contributed by atoms with Gasteiger partial charge in [-0.25, -0.2) is 0 Å². The van der Waals surface area contributed by atoms with E-state index in [1.54, 1.807) is 12.1 Å². The van der Waals surface area contributed by atoms with Crippen LogP contribution in [0.2, 0.25) is 0 Å². The highest BCUT2D eigenvalue weighted by Crippen LogP contribution is 2.30. The Morgan fingerprint density at radius 1 is 1.15 bits per heavy atom. The summed E-state index contributed by atoms with van der Waals surface area (Å²) in [5.41, 5.74) is 1.48. The van der Waals surface area contributed by atoms with Crippen LogP contribution < -0.4 is 15.5 Å². The summed E-state index contributed by atoms with van der Waals surface area (Å²) < 4.78 is 5.39. The van der Waals surface area contributed by atoms with Crippen LogP contribution in [0.25, 0.3) is 0 Å². The van der Waals surface area contributed by atoms with Crippen molar-refractivity contribution in [3.05, 3.63) is 29.8 Å². The van der Waals surface area contributed by atoms with Crippen molar-refractivity contribution in [1.29, 1.82) is 0 Å². The predicted molar refractivity (Wildman–Crippen MR) is 127 cm³/mol. The molecule has 0 saturated carbocycles. The molecule has 1 aromatic rings. The second-order valence-corrected chi connectivity index (χ2v) is 9.81. The molecule has 0 spiro atoms. The molecule has 3 aliphatic heterocycles. The lowest BCUT2D eigenvalue weighted by Crippen LogP contribution is -2.56. The number of carbonyl (C=O) groups is 4. The zero-order chi connectivity index (χ0) is 24.4. The molecule has 0 aromatic heterocycles. The molecule has 2 amide bonds. The molecule has 2 N–H and O–H groups in total. The van der Waals surface area contributed by atoms with Gasteiger partial charge in [0, 0.05) is 30.4 Å². The quantitative estimate of drug-likeness (QED) is 0.606. The lowest BCUT2D eigenvalue weighted by molar-refractivity contribution is -0.143. The molecule has 9 nitrogen and oxygen atoms in total. The summed E-state index contributed by atoms with van der Waals surface area (Å²) in [4.78, 5) is 55.2. The van der Waals surface area contributed by atoms with E-state index < -0.39 is 18.1 Å². The summed E-state index contributed by atoms with van der Waals surface area (Å²) >= 11 is 0. The van der Waals surface area contributed by atoms with Gasteiger partial charge < -0.3 is 25.2 Å².